The SMILES string of the molecule is CNCc1ccc(-c2cccc([C@@H](C)NC(=O)c3cc(NC)ccc3C)c2)s1. The maximum absolute atomic E-state index is 12.8. The van der Waals surface area contributed by atoms with Crippen molar-refractivity contribution in [1.29, 1.82) is 0 Å². The van der Waals surface area contributed by atoms with Crippen molar-refractivity contribution in [2.75, 3.05) is 19.4 Å². The average Bonchev–Trinajstić information content (AvgIpc) is 3.17. The van der Waals surface area contributed by atoms with E-state index in [1.165, 1.54) is 15.3 Å². The first-order valence-electron chi connectivity index (χ1n) is 9.44. The highest BCUT2D eigenvalue weighted by Gasteiger charge is 2.15. The fourth-order valence-electron chi connectivity index (χ4n) is 3.14. The van der Waals surface area contributed by atoms with Crippen LogP contribution in [0.2, 0.25) is 0 Å². The summed E-state index contributed by atoms with van der Waals surface area (Å²) < 4.78 is 0. The van der Waals surface area contributed by atoms with Crippen LogP contribution in [0.4, 0.5) is 5.69 Å². The second-order valence-electron chi connectivity index (χ2n) is 6.90. The van der Waals surface area contributed by atoms with E-state index in [4.69, 9.17) is 0 Å². The molecule has 0 aliphatic carbocycles. The Kier molecular flexibility index (Phi) is 6.49. The summed E-state index contributed by atoms with van der Waals surface area (Å²) in [5.41, 5.74) is 4.87. The minimum atomic E-state index is -0.0816. The van der Waals surface area contributed by atoms with Crippen molar-refractivity contribution >= 4 is 22.9 Å². The van der Waals surface area contributed by atoms with Crippen LogP contribution in [0.3, 0.4) is 0 Å². The lowest BCUT2D eigenvalue weighted by molar-refractivity contribution is 0.0939. The molecular formula is C23H27N3OS. The number of rotatable bonds is 7. The molecule has 0 unspecified atom stereocenters. The van der Waals surface area contributed by atoms with Gasteiger partial charge in [0, 0.05) is 34.6 Å². The quantitative estimate of drug-likeness (QED) is 0.531. The molecule has 3 N–H and O–H groups in total. The number of nitrogens with one attached hydrogen (secondary N) is 3. The molecule has 5 heteroatoms. The van der Waals surface area contributed by atoms with Crippen LogP contribution < -0.4 is 16.0 Å². The molecule has 1 atom stereocenters. The first kappa shape index (κ1) is 20.1. The van der Waals surface area contributed by atoms with Gasteiger partial charge in [-0.2, -0.15) is 0 Å². The highest BCUT2D eigenvalue weighted by molar-refractivity contribution is 7.15. The van der Waals surface area contributed by atoms with E-state index in [0.717, 1.165) is 23.4 Å². The van der Waals surface area contributed by atoms with Crippen LogP contribution in [-0.4, -0.2) is 20.0 Å². The van der Waals surface area contributed by atoms with Gasteiger partial charge in [-0.1, -0.05) is 24.3 Å². The monoisotopic (exact) mass is 393 g/mol. The molecule has 1 aromatic heterocycles. The Balaban J connectivity index is 1.77. The van der Waals surface area contributed by atoms with Crippen molar-refractivity contribution in [2.24, 2.45) is 0 Å². The van der Waals surface area contributed by atoms with Crippen molar-refractivity contribution in [1.82, 2.24) is 10.6 Å². The summed E-state index contributed by atoms with van der Waals surface area (Å²) in [6.07, 6.45) is 0. The van der Waals surface area contributed by atoms with Gasteiger partial charge in [0.05, 0.1) is 6.04 Å². The molecule has 1 heterocycles. The van der Waals surface area contributed by atoms with Crippen molar-refractivity contribution in [3.05, 3.63) is 76.2 Å². The molecule has 0 bridgehead atoms. The third kappa shape index (κ3) is 4.61. The number of anilines is 1. The lowest BCUT2D eigenvalue weighted by atomic mass is 10.0. The molecule has 2 aromatic carbocycles. The minimum Gasteiger partial charge on any atom is -0.388 e. The van der Waals surface area contributed by atoms with Crippen LogP contribution in [0, 0.1) is 6.92 Å². The minimum absolute atomic E-state index is 0.0556. The number of hydrogen-bond acceptors (Lipinski definition) is 4. The molecule has 3 rings (SSSR count). The van der Waals surface area contributed by atoms with Crippen LogP contribution in [0.25, 0.3) is 10.4 Å². The number of thiophene rings is 1. The number of hydrogen-bond donors (Lipinski definition) is 3. The van der Waals surface area contributed by atoms with E-state index in [9.17, 15) is 4.79 Å². The molecule has 0 saturated carbocycles. The predicted octanol–water partition coefficient (Wildman–Crippen LogP) is 4.98. The van der Waals surface area contributed by atoms with Gasteiger partial charge in [0.2, 0.25) is 0 Å². The molecule has 0 radical (unpaired) electrons. The number of benzene rings is 2. The van der Waals surface area contributed by atoms with E-state index >= 15 is 0 Å². The van der Waals surface area contributed by atoms with Gasteiger partial charge in [0.1, 0.15) is 0 Å². The van der Waals surface area contributed by atoms with Crippen molar-refractivity contribution in [3.63, 3.8) is 0 Å². The summed E-state index contributed by atoms with van der Waals surface area (Å²) in [5, 5.41) is 9.41. The van der Waals surface area contributed by atoms with Gasteiger partial charge < -0.3 is 16.0 Å². The fourth-order valence-corrected chi connectivity index (χ4v) is 4.16. The molecule has 0 saturated heterocycles. The van der Waals surface area contributed by atoms with E-state index in [0.29, 0.717) is 5.56 Å². The summed E-state index contributed by atoms with van der Waals surface area (Å²) in [7, 11) is 3.81. The smallest absolute Gasteiger partial charge is 0.252 e. The Morgan fingerprint density at radius 1 is 1.07 bits per heavy atom. The van der Waals surface area contributed by atoms with Crippen LogP contribution in [-0.2, 0) is 6.54 Å². The van der Waals surface area contributed by atoms with E-state index in [1.807, 2.05) is 46.1 Å². The molecular weight excluding hydrogens is 366 g/mol. The Morgan fingerprint density at radius 2 is 1.89 bits per heavy atom. The Bertz CT molecular complexity index is 964. The predicted molar refractivity (Wildman–Crippen MR) is 119 cm³/mol. The van der Waals surface area contributed by atoms with Gasteiger partial charge >= 0.3 is 0 Å². The van der Waals surface area contributed by atoms with Crippen LogP contribution >= 0.6 is 11.3 Å². The maximum atomic E-state index is 12.8. The summed E-state index contributed by atoms with van der Waals surface area (Å²) in [6.45, 7) is 4.86. The van der Waals surface area contributed by atoms with Gasteiger partial charge in [0.25, 0.3) is 5.91 Å². The molecule has 0 fully saturated rings. The zero-order chi connectivity index (χ0) is 20.1. The molecule has 0 aliphatic heterocycles. The first-order chi connectivity index (χ1) is 13.5. The molecule has 1 amide bonds. The van der Waals surface area contributed by atoms with Crippen LogP contribution in [0.15, 0.2) is 54.6 Å². The zero-order valence-corrected chi connectivity index (χ0v) is 17.6. The summed E-state index contributed by atoms with van der Waals surface area (Å²) in [5.74, 6) is -0.0556. The Morgan fingerprint density at radius 3 is 2.64 bits per heavy atom. The molecule has 4 nitrogen and oxygen atoms in total. The van der Waals surface area contributed by atoms with E-state index in [-0.39, 0.29) is 11.9 Å². The van der Waals surface area contributed by atoms with Gasteiger partial charge in [-0.25, -0.2) is 0 Å². The van der Waals surface area contributed by atoms with Crippen molar-refractivity contribution < 1.29 is 4.79 Å². The number of aryl methyl sites for hydroxylation is 1. The third-order valence-electron chi connectivity index (χ3n) is 4.80. The van der Waals surface area contributed by atoms with Crippen molar-refractivity contribution in [2.45, 2.75) is 26.4 Å². The fraction of sp³-hybridized carbons (Fsp3) is 0.261. The molecule has 0 aliphatic rings. The molecule has 3 aromatic rings. The van der Waals surface area contributed by atoms with Gasteiger partial charge in [-0.15, -0.1) is 11.3 Å². The zero-order valence-electron chi connectivity index (χ0n) is 16.8. The molecule has 0 spiro atoms. The van der Waals surface area contributed by atoms with E-state index in [1.54, 1.807) is 11.3 Å². The Labute approximate surface area is 171 Å². The molecule has 28 heavy (non-hydrogen) atoms. The largest absolute Gasteiger partial charge is 0.388 e. The Hall–Kier alpha value is -2.63. The van der Waals surface area contributed by atoms with Gasteiger partial charge in [-0.05, 0) is 67.9 Å². The lowest BCUT2D eigenvalue weighted by Crippen LogP contribution is -2.27. The second kappa shape index (κ2) is 9.04. The first-order valence-corrected chi connectivity index (χ1v) is 10.3. The van der Waals surface area contributed by atoms with Crippen LogP contribution in [0.1, 0.15) is 39.3 Å². The highest BCUT2D eigenvalue weighted by Crippen LogP contribution is 2.30. The summed E-state index contributed by atoms with van der Waals surface area (Å²) in [4.78, 5) is 15.4. The number of amides is 1. The highest BCUT2D eigenvalue weighted by atomic mass is 32.1. The second-order valence-corrected chi connectivity index (χ2v) is 8.06. The van der Waals surface area contributed by atoms with E-state index < -0.39 is 0 Å². The third-order valence-corrected chi connectivity index (χ3v) is 5.94. The topological polar surface area (TPSA) is 53.2 Å². The van der Waals surface area contributed by atoms with Gasteiger partial charge in [-0.3, -0.25) is 4.79 Å². The normalized spacial score (nSPS) is 11.9. The summed E-state index contributed by atoms with van der Waals surface area (Å²) >= 11 is 1.79. The number of carbonyl (C=O) groups excluding carboxylic acids is 1. The molecule has 146 valence electrons. The van der Waals surface area contributed by atoms with E-state index in [2.05, 4.69) is 52.3 Å². The van der Waals surface area contributed by atoms with Gasteiger partial charge in [0.15, 0.2) is 0 Å². The van der Waals surface area contributed by atoms with Crippen molar-refractivity contribution in [3.8, 4) is 10.4 Å². The number of carbonyl (C=O) groups is 1. The summed E-state index contributed by atoms with van der Waals surface area (Å²) in [6, 6.07) is 18.5. The maximum Gasteiger partial charge on any atom is 0.252 e. The average molecular weight is 394 g/mol. The van der Waals surface area contributed by atoms with Crippen LogP contribution in [0.5, 0.6) is 0 Å². The standard InChI is InChI=1S/C23H27N3OS/c1-15-8-9-19(25-4)13-21(15)23(27)26-16(2)17-6-5-7-18(12-17)22-11-10-20(28-22)14-24-3/h5-13,16,24-25H,14H2,1-4H3,(H,26,27)/t16-/m1/s1. The lowest BCUT2D eigenvalue weighted by Gasteiger charge is -2.17.